The first-order valence-corrected chi connectivity index (χ1v) is 11.0. The Morgan fingerprint density at radius 1 is 0.913 bits per heavy atom. The lowest BCUT2D eigenvalue weighted by molar-refractivity contribution is 0.414. The fraction of sp³-hybridized carbons (Fsp3) is 0.211. The first-order valence-electron chi connectivity index (χ1n) is 7.60. The number of nitrogens with zero attached hydrogens (tertiary/aromatic N) is 1. The van der Waals surface area contributed by atoms with Gasteiger partial charge in [0.25, 0.3) is 0 Å². The lowest BCUT2D eigenvalue weighted by Crippen LogP contribution is -2.24. The van der Waals surface area contributed by atoms with Crippen LogP contribution in [0.1, 0.15) is 11.1 Å². The lowest BCUT2D eigenvalue weighted by Gasteiger charge is -2.19. The molecule has 2 aromatic rings. The number of ether oxygens (including phenoxy) is 1. The molecule has 0 fully saturated rings. The first kappa shape index (κ1) is 17.0. The number of rotatable bonds is 6. The molecule has 0 aliphatic carbocycles. The van der Waals surface area contributed by atoms with Crippen LogP contribution in [0, 0.1) is 0 Å². The summed E-state index contributed by atoms with van der Waals surface area (Å²) in [4.78, 5) is 4.53. The molecule has 0 N–H and O–H groups in total. The molecule has 0 radical (unpaired) electrons. The average molecular weight is 325 g/mol. The van der Waals surface area contributed by atoms with Crippen LogP contribution in [0.25, 0.3) is 6.08 Å². The molecule has 0 aliphatic heterocycles. The van der Waals surface area contributed by atoms with E-state index >= 15 is 0 Å². The molecule has 0 aromatic heterocycles. The van der Waals surface area contributed by atoms with Crippen molar-refractivity contribution in [2.75, 3.05) is 7.11 Å². The topological polar surface area (TPSA) is 30.8 Å². The Balaban J connectivity index is 2.25. The molecule has 0 aliphatic rings. The van der Waals surface area contributed by atoms with Gasteiger partial charge >= 0.3 is 0 Å². The van der Waals surface area contributed by atoms with Crippen molar-refractivity contribution in [3.63, 3.8) is 0 Å². The minimum atomic E-state index is -1.74. The van der Waals surface area contributed by atoms with Crippen LogP contribution in [-0.2, 0) is 4.43 Å². The van der Waals surface area contributed by atoms with Crippen molar-refractivity contribution in [2.45, 2.75) is 19.6 Å². The van der Waals surface area contributed by atoms with Crippen molar-refractivity contribution < 1.29 is 9.16 Å². The van der Waals surface area contributed by atoms with Crippen LogP contribution in [0.3, 0.4) is 0 Å². The van der Waals surface area contributed by atoms with E-state index in [1.54, 1.807) is 7.11 Å². The van der Waals surface area contributed by atoms with Crippen LogP contribution < -0.4 is 4.74 Å². The molecule has 3 nitrogen and oxygen atoms in total. The summed E-state index contributed by atoms with van der Waals surface area (Å²) in [5, 5.41) is 0. The highest BCUT2D eigenvalue weighted by atomic mass is 28.4. The Kier molecular flexibility index (Phi) is 5.76. The summed E-state index contributed by atoms with van der Waals surface area (Å²) < 4.78 is 11.3. The zero-order chi connectivity index (χ0) is 16.7. The molecule has 0 saturated carbocycles. The molecule has 0 unspecified atom stereocenters. The molecule has 4 heteroatoms. The number of hydrogen-bond acceptors (Lipinski definition) is 3. The summed E-state index contributed by atoms with van der Waals surface area (Å²) in [5.74, 6) is 1.47. The van der Waals surface area contributed by atoms with E-state index in [-0.39, 0.29) is 0 Å². The van der Waals surface area contributed by atoms with Gasteiger partial charge in [-0.15, -0.1) is 0 Å². The SMILES string of the molecule is COc1ccc(/C=C(\N=C\c2ccccc2)O[Si](C)(C)C)cc1. The van der Waals surface area contributed by atoms with Crippen LogP contribution in [0.4, 0.5) is 0 Å². The minimum Gasteiger partial charge on any atom is -0.531 e. The number of methoxy groups -OCH3 is 1. The van der Waals surface area contributed by atoms with Crippen LogP contribution in [0.2, 0.25) is 19.6 Å². The smallest absolute Gasteiger partial charge is 0.244 e. The molecule has 0 amide bonds. The second kappa shape index (κ2) is 7.79. The fourth-order valence-electron chi connectivity index (χ4n) is 1.93. The van der Waals surface area contributed by atoms with Gasteiger partial charge in [-0.2, -0.15) is 0 Å². The van der Waals surface area contributed by atoms with Gasteiger partial charge in [-0.05, 0) is 42.9 Å². The summed E-state index contributed by atoms with van der Waals surface area (Å²) in [6.07, 6.45) is 3.78. The molecule has 2 aromatic carbocycles. The van der Waals surface area contributed by atoms with Crippen LogP contribution in [0.5, 0.6) is 5.75 Å². The minimum absolute atomic E-state index is 0.637. The highest BCUT2D eigenvalue weighted by molar-refractivity contribution is 6.70. The molecule has 0 spiro atoms. The molecule has 0 heterocycles. The molecule has 0 saturated heterocycles. The maximum atomic E-state index is 6.09. The Morgan fingerprint density at radius 3 is 2.13 bits per heavy atom. The van der Waals surface area contributed by atoms with Gasteiger partial charge in [-0.1, -0.05) is 42.5 Å². The van der Waals surface area contributed by atoms with E-state index in [1.807, 2.05) is 66.9 Å². The zero-order valence-corrected chi connectivity index (χ0v) is 15.1. The summed E-state index contributed by atoms with van der Waals surface area (Å²) in [6.45, 7) is 6.44. The van der Waals surface area contributed by atoms with E-state index in [4.69, 9.17) is 9.16 Å². The second-order valence-electron chi connectivity index (χ2n) is 6.14. The lowest BCUT2D eigenvalue weighted by atomic mass is 10.2. The summed E-state index contributed by atoms with van der Waals surface area (Å²) in [7, 11) is -0.0754. The van der Waals surface area contributed by atoms with Gasteiger partial charge in [-0.3, -0.25) is 0 Å². The summed E-state index contributed by atoms with van der Waals surface area (Å²) >= 11 is 0. The van der Waals surface area contributed by atoms with Gasteiger partial charge in [-0.25, -0.2) is 4.99 Å². The van der Waals surface area contributed by atoms with Crippen molar-refractivity contribution in [3.8, 4) is 5.75 Å². The first-order chi connectivity index (χ1) is 11.0. The Morgan fingerprint density at radius 2 is 1.57 bits per heavy atom. The van der Waals surface area contributed by atoms with Crippen molar-refractivity contribution in [1.82, 2.24) is 0 Å². The van der Waals surface area contributed by atoms with Gasteiger partial charge < -0.3 is 9.16 Å². The van der Waals surface area contributed by atoms with Crippen molar-refractivity contribution in [1.29, 1.82) is 0 Å². The van der Waals surface area contributed by atoms with Gasteiger partial charge in [0.1, 0.15) is 5.75 Å². The third-order valence-corrected chi connectivity index (χ3v) is 3.78. The summed E-state index contributed by atoms with van der Waals surface area (Å²) in [5.41, 5.74) is 2.08. The van der Waals surface area contributed by atoms with E-state index in [9.17, 15) is 0 Å². The Hall–Kier alpha value is -2.33. The van der Waals surface area contributed by atoms with Crippen LogP contribution in [0.15, 0.2) is 65.5 Å². The van der Waals surface area contributed by atoms with Crippen LogP contribution >= 0.6 is 0 Å². The van der Waals surface area contributed by atoms with Gasteiger partial charge in [0.15, 0.2) is 5.88 Å². The highest BCUT2D eigenvalue weighted by Crippen LogP contribution is 2.18. The van der Waals surface area contributed by atoms with E-state index in [0.717, 1.165) is 16.9 Å². The van der Waals surface area contributed by atoms with E-state index in [1.165, 1.54) is 0 Å². The standard InChI is InChI=1S/C19H23NO2Si/c1-21-18-12-10-16(11-13-18)14-19(22-23(2,3)4)20-15-17-8-6-5-7-9-17/h5-15H,1-4H3/b19-14+,20-15+. The Labute approximate surface area is 139 Å². The summed E-state index contributed by atoms with van der Waals surface area (Å²) in [6, 6.07) is 17.9. The average Bonchev–Trinajstić information content (AvgIpc) is 2.53. The van der Waals surface area contributed by atoms with E-state index in [2.05, 4.69) is 24.6 Å². The second-order valence-corrected chi connectivity index (χ2v) is 10.6. The van der Waals surface area contributed by atoms with Crippen molar-refractivity contribution in [3.05, 3.63) is 71.6 Å². The largest absolute Gasteiger partial charge is 0.531 e. The van der Waals surface area contributed by atoms with Gasteiger partial charge in [0, 0.05) is 12.3 Å². The quantitative estimate of drug-likeness (QED) is 0.427. The third-order valence-electron chi connectivity index (χ3n) is 2.96. The number of aliphatic imine (C=N–C) groups is 1. The molecule has 120 valence electrons. The maximum absolute atomic E-state index is 6.09. The molecule has 2 rings (SSSR count). The molecule has 0 atom stereocenters. The molecular formula is C19H23NO2Si. The Bertz CT molecular complexity index is 671. The van der Waals surface area contributed by atoms with Crippen molar-refractivity contribution in [2.24, 2.45) is 4.99 Å². The van der Waals surface area contributed by atoms with Crippen LogP contribution in [-0.4, -0.2) is 21.6 Å². The monoisotopic (exact) mass is 325 g/mol. The number of benzene rings is 2. The predicted molar refractivity (Wildman–Crippen MR) is 99.4 cm³/mol. The maximum Gasteiger partial charge on any atom is 0.244 e. The van der Waals surface area contributed by atoms with E-state index in [0.29, 0.717) is 5.88 Å². The predicted octanol–water partition coefficient (Wildman–Crippen LogP) is 4.96. The normalized spacial score (nSPS) is 12.4. The fourth-order valence-corrected chi connectivity index (χ4v) is 2.67. The molecule has 0 bridgehead atoms. The molecule has 23 heavy (non-hydrogen) atoms. The number of hydrogen-bond donors (Lipinski definition) is 0. The zero-order valence-electron chi connectivity index (χ0n) is 14.1. The van der Waals surface area contributed by atoms with E-state index < -0.39 is 8.32 Å². The highest BCUT2D eigenvalue weighted by Gasteiger charge is 2.17. The third kappa shape index (κ3) is 6.12. The molecular weight excluding hydrogens is 302 g/mol. The van der Waals surface area contributed by atoms with Gasteiger partial charge in [0.2, 0.25) is 8.32 Å². The van der Waals surface area contributed by atoms with Gasteiger partial charge in [0.05, 0.1) is 7.11 Å². The van der Waals surface area contributed by atoms with Crippen molar-refractivity contribution >= 4 is 20.6 Å².